The Morgan fingerprint density at radius 2 is 2.04 bits per heavy atom. The lowest BCUT2D eigenvalue weighted by Crippen LogP contribution is -2.48. The normalized spacial score (nSPS) is 21.6. The topological polar surface area (TPSA) is 161 Å². The number of nitrogens with zero attached hydrogens (tertiary/aromatic N) is 6. The van der Waals surface area contributed by atoms with Crippen molar-refractivity contribution >= 4 is 49.1 Å². The molecule has 0 bridgehead atoms. The second-order valence-electron chi connectivity index (χ2n) is 13.0. The number of nitrogens with two attached hydrogens (primary N) is 1. The number of nitrogens with one attached hydrogen (secondary N) is 1. The Kier molecular flexibility index (Phi) is 8.19. The van der Waals surface area contributed by atoms with Gasteiger partial charge >= 0.3 is 6.01 Å². The fraction of sp³-hybridized carbons (Fsp3) is 0.441. The van der Waals surface area contributed by atoms with Crippen molar-refractivity contribution in [1.82, 2.24) is 25.2 Å². The van der Waals surface area contributed by atoms with Crippen molar-refractivity contribution in [3.8, 4) is 29.2 Å². The molecule has 0 radical (unpaired) electrons. The molecule has 2 unspecified atom stereocenters. The molecule has 1 aliphatic carbocycles. The number of hydrogen-bond acceptors (Lipinski definition) is 13. The molecule has 49 heavy (non-hydrogen) atoms. The van der Waals surface area contributed by atoms with E-state index in [4.69, 9.17) is 34.6 Å². The molecule has 3 aliphatic heterocycles. The monoisotopic (exact) mass is 686 g/mol. The summed E-state index contributed by atoms with van der Waals surface area (Å²) in [4.78, 5) is 30.9. The van der Waals surface area contributed by atoms with Crippen molar-refractivity contribution in [2.75, 3.05) is 76.5 Å². The first kappa shape index (κ1) is 31.6. The van der Waals surface area contributed by atoms with Gasteiger partial charge in [0.05, 0.1) is 50.7 Å². The van der Waals surface area contributed by atoms with Gasteiger partial charge in [0.15, 0.2) is 5.82 Å². The van der Waals surface area contributed by atoms with Gasteiger partial charge in [-0.2, -0.15) is 15.2 Å². The fourth-order valence-corrected chi connectivity index (χ4v) is 7.85. The molecule has 15 heteroatoms. The maximum absolute atomic E-state index is 17.0. The minimum Gasteiger partial charge on any atom is -0.475 e. The number of pyridine rings is 1. The summed E-state index contributed by atoms with van der Waals surface area (Å²) in [6.07, 6.45) is 3.23. The van der Waals surface area contributed by atoms with E-state index >= 15 is 4.39 Å². The molecule has 1 amide bonds. The van der Waals surface area contributed by atoms with Crippen LogP contribution in [0.4, 0.5) is 15.2 Å². The number of fused-ring (bicyclic) bond motifs is 3. The third kappa shape index (κ3) is 5.88. The number of rotatable bonds is 8. The molecular formula is C34H35FN8O5S. The first-order valence-electron chi connectivity index (χ1n) is 16.3. The van der Waals surface area contributed by atoms with Gasteiger partial charge in [-0.15, -0.1) is 11.3 Å². The van der Waals surface area contributed by atoms with Gasteiger partial charge in [-0.1, -0.05) is 18.7 Å². The summed E-state index contributed by atoms with van der Waals surface area (Å²) in [5.74, 6) is -0.500. The quantitative estimate of drug-likeness (QED) is 0.261. The van der Waals surface area contributed by atoms with Gasteiger partial charge in [0.1, 0.15) is 40.1 Å². The molecule has 1 saturated carbocycles. The van der Waals surface area contributed by atoms with Crippen LogP contribution in [-0.2, 0) is 14.3 Å². The second kappa shape index (κ2) is 12.7. The molecule has 3 aromatic heterocycles. The van der Waals surface area contributed by atoms with Crippen LogP contribution in [-0.4, -0.2) is 104 Å². The zero-order chi connectivity index (χ0) is 33.7. The van der Waals surface area contributed by atoms with E-state index in [0.717, 1.165) is 37.2 Å². The largest absolute Gasteiger partial charge is 0.475 e. The van der Waals surface area contributed by atoms with Crippen LogP contribution in [0, 0.1) is 22.6 Å². The van der Waals surface area contributed by atoms with Gasteiger partial charge in [0.2, 0.25) is 11.8 Å². The van der Waals surface area contributed by atoms with E-state index in [9.17, 15) is 10.1 Å². The lowest BCUT2D eigenvalue weighted by molar-refractivity contribution is -0.117. The summed E-state index contributed by atoms with van der Waals surface area (Å²) in [5, 5.41) is 14.0. The first-order valence-corrected chi connectivity index (χ1v) is 17.1. The summed E-state index contributed by atoms with van der Waals surface area (Å²) in [6, 6.07) is 6.80. The van der Waals surface area contributed by atoms with Gasteiger partial charge in [-0.05, 0) is 25.0 Å². The number of halogens is 1. The van der Waals surface area contributed by atoms with Crippen LogP contribution in [0.1, 0.15) is 18.4 Å². The standard InChI is InChI=1S/C34H35FN8O5S/c1-2-24(44)38-19-13-43-20(15-46-14-19)16-47-32-26-29(27(35)28(39-32)21-4-3-5-23-25(21)22(12-36)30(37)49-23)40-33(41-31(26)43)48-18-34(6-7-34)17-42-8-10-45-11-9-42/h2-5,19-20H,1,6-11,13-18,37H2,(H,38,44). The maximum atomic E-state index is 17.0. The van der Waals surface area contributed by atoms with Crippen molar-refractivity contribution in [3.63, 3.8) is 0 Å². The molecule has 8 rings (SSSR count). The number of anilines is 2. The number of morpholine rings is 1. The highest BCUT2D eigenvalue weighted by atomic mass is 32.1. The molecule has 13 nitrogen and oxygen atoms in total. The lowest BCUT2D eigenvalue weighted by atomic mass is 10.0. The van der Waals surface area contributed by atoms with Crippen molar-refractivity contribution in [1.29, 1.82) is 5.26 Å². The van der Waals surface area contributed by atoms with E-state index in [1.54, 1.807) is 12.1 Å². The maximum Gasteiger partial charge on any atom is 0.319 e. The van der Waals surface area contributed by atoms with Crippen LogP contribution in [0.2, 0.25) is 0 Å². The highest BCUT2D eigenvalue weighted by molar-refractivity contribution is 7.23. The summed E-state index contributed by atoms with van der Waals surface area (Å²) in [7, 11) is 0. The number of carbonyl (C=O) groups excluding carboxylic acids is 1. The van der Waals surface area contributed by atoms with E-state index in [1.165, 1.54) is 17.4 Å². The molecule has 2 atom stereocenters. The molecule has 4 aromatic rings. The first-order chi connectivity index (χ1) is 23.9. The molecule has 3 N–H and O–H groups in total. The minimum atomic E-state index is -0.701. The SMILES string of the molecule is C=CC(=O)NC1COCC2COc3nc(-c4cccc5sc(N)c(C#N)c45)c(F)c4nc(OCC5(CN6CCOCC6)CC5)nc(c34)N2C1. The second-order valence-corrected chi connectivity index (χ2v) is 14.1. The molecule has 4 aliphatic rings. The highest BCUT2D eigenvalue weighted by Gasteiger charge is 2.45. The number of carbonyl (C=O) groups is 1. The van der Waals surface area contributed by atoms with E-state index in [1.807, 2.05) is 11.0 Å². The predicted octanol–water partition coefficient (Wildman–Crippen LogP) is 3.26. The van der Waals surface area contributed by atoms with Crippen molar-refractivity contribution in [2.45, 2.75) is 24.9 Å². The third-order valence-electron chi connectivity index (χ3n) is 9.65. The number of nitriles is 1. The Morgan fingerprint density at radius 3 is 2.82 bits per heavy atom. The zero-order valence-corrected chi connectivity index (χ0v) is 27.6. The smallest absolute Gasteiger partial charge is 0.319 e. The Morgan fingerprint density at radius 1 is 1.20 bits per heavy atom. The average Bonchev–Trinajstić information content (AvgIpc) is 3.86. The number of hydrogen-bond donors (Lipinski definition) is 2. The van der Waals surface area contributed by atoms with Crippen molar-refractivity contribution < 1.29 is 28.1 Å². The molecule has 6 heterocycles. The van der Waals surface area contributed by atoms with Gasteiger partial charge in [0.25, 0.3) is 0 Å². The summed E-state index contributed by atoms with van der Waals surface area (Å²) < 4.78 is 41.9. The summed E-state index contributed by atoms with van der Waals surface area (Å²) in [5.41, 5.74) is 6.78. The molecule has 2 saturated heterocycles. The molecular weight excluding hydrogens is 651 g/mol. The molecule has 0 spiro atoms. The van der Waals surface area contributed by atoms with Crippen LogP contribution in [0.25, 0.3) is 32.2 Å². The van der Waals surface area contributed by atoms with Crippen molar-refractivity contribution in [3.05, 3.63) is 42.2 Å². The minimum absolute atomic E-state index is 0.0192. The lowest BCUT2D eigenvalue weighted by Gasteiger charge is -2.31. The molecule has 1 aromatic carbocycles. The zero-order valence-electron chi connectivity index (χ0n) is 26.7. The van der Waals surface area contributed by atoms with Crippen LogP contribution >= 0.6 is 11.3 Å². The van der Waals surface area contributed by atoms with Crippen LogP contribution in [0.5, 0.6) is 11.9 Å². The number of nitrogen functional groups attached to an aromatic ring is 1. The Balaban J connectivity index is 1.25. The van der Waals surface area contributed by atoms with E-state index in [0.29, 0.717) is 53.5 Å². The Labute approximate surface area is 285 Å². The average molecular weight is 687 g/mol. The number of thiophene rings is 1. The predicted molar refractivity (Wildman–Crippen MR) is 181 cm³/mol. The number of aromatic nitrogens is 3. The fourth-order valence-electron chi connectivity index (χ4n) is 6.91. The molecule has 3 fully saturated rings. The van der Waals surface area contributed by atoms with Crippen LogP contribution in [0.3, 0.4) is 0 Å². The van der Waals surface area contributed by atoms with E-state index < -0.39 is 11.9 Å². The number of amides is 1. The summed E-state index contributed by atoms with van der Waals surface area (Å²) in [6.45, 7) is 9.00. The Bertz CT molecular complexity index is 2010. The van der Waals surface area contributed by atoms with E-state index in [-0.39, 0.29) is 65.8 Å². The van der Waals surface area contributed by atoms with Crippen molar-refractivity contribution in [2.24, 2.45) is 5.41 Å². The summed E-state index contributed by atoms with van der Waals surface area (Å²) >= 11 is 1.26. The van der Waals surface area contributed by atoms with E-state index in [2.05, 4.69) is 27.8 Å². The Hall–Kier alpha value is -4.62. The number of benzene rings is 1. The van der Waals surface area contributed by atoms with Crippen LogP contribution < -0.4 is 25.4 Å². The van der Waals surface area contributed by atoms with Crippen LogP contribution in [0.15, 0.2) is 30.9 Å². The van der Waals surface area contributed by atoms with Gasteiger partial charge in [-0.3, -0.25) is 9.69 Å². The molecule has 254 valence electrons. The third-order valence-corrected chi connectivity index (χ3v) is 10.6. The number of ether oxygens (including phenoxy) is 4. The van der Waals surface area contributed by atoms with Gasteiger partial charge in [0, 0.05) is 47.2 Å². The highest BCUT2D eigenvalue weighted by Crippen LogP contribution is 2.48. The van der Waals surface area contributed by atoms with Gasteiger partial charge in [-0.25, -0.2) is 9.37 Å². The van der Waals surface area contributed by atoms with Gasteiger partial charge < -0.3 is 34.9 Å².